The van der Waals surface area contributed by atoms with Gasteiger partial charge in [0, 0.05) is 24.8 Å². The van der Waals surface area contributed by atoms with Crippen molar-refractivity contribution >= 4 is 11.6 Å². The van der Waals surface area contributed by atoms with Gasteiger partial charge in [0.2, 0.25) is 5.91 Å². The van der Waals surface area contributed by atoms with E-state index in [4.69, 9.17) is 4.74 Å². The quantitative estimate of drug-likeness (QED) is 0.822. The van der Waals surface area contributed by atoms with Crippen LogP contribution in [-0.4, -0.2) is 37.0 Å². The molecule has 1 fully saturated rings. The van der Waals surface area contributed by atoms with Crippen LogP contribution in [0.1, 0.15) is 24.0 Å². The topological polar surface area (TPSA) is 41.6 Å². The maximum absolute atomic E-state index is 12.8. The predicted molar refractivity (Wildman–Crippen MR) is 101 cm³/mol. The molecule has 1 aliphatic rings. The van der Waals surface area contributed by atoms with Gasteiger partial charge in [-0.15, -0.1) is 0 Å². The Morgan fingerprint density at radius 2 is 1.86 bits per heavy atom. The van der Waals surface area contributed by atoms with Crippen LogP contribution < -0.4 is 10.1 Å². The summed E-state index contributed by atoms with van der Waals surface area (Å²) in [5, 5.41) is 2.72. The molecule has 28 heavy (non-hydrogen) atoms. The molecule has 0 bridgehead atoms. The van der Waals surface area contributed by atoms with E-state index < -0.39 is 11.7 Å². The summed E-state index contributed by atoms with van der Waals surface area (Å²) in [5.41, 5.74) is 0.111. The minimum absolute atomic E-state index is 0.135. The Kier molecular flexibility index (Phi) is 6.24. The summed E-state index contributed by atoms with van der Waals surface area (Å²) in [7, 11) is 2.08. The average molecular weight is 392 g/mol. The molecule has 0 radical (unpaired) electrons. The third-order valence-corrected chi connectivity index (χ3v) is 4.71. The van der Waals surface area contributed by atoms with E-state index in [-0.39, 0.29) is 18.4 Å². The normalized spacial score (nSPS) is 16.0. The van der Waals surface area contributed by atoms with Gasteiger partial charge in [0.25, 0.3) is 0 Å². The molecule has 1 saturated heterocycles. The third-order valence-electron chi connectivity index (χ3n) is 4.71. The Morgan fingerprint density at radius 1 is 1.14 bits per heavy atom. The molecule has 1 heterocycles. The van der Waals surface area contributed by atoms with Crippen molar-refractivity contribution in [2.45, 2.75) is 31.5 Å². The number of benzene rings is 2. The fourth-order valence-corrected chi connectivity index (χ4v) is 3.19. The van der Waals surface area contributed by atoms with E-state index in [2.05, 4.69) is 17.3 Å². The number of carbonyl (C=O) groups is 1. The average Bonchev–Trinajstić information content (AvgIpc) is 2.63. The molecule has 1 aliphatic heterocycles. The molecular formula is C21H23F3N2O2. The number of alkyl halides is 3. The van der Waals surface area contributed by atoms with Gasteiger partial charge in [-0.05, 0) is 43.7 Å². The Labute approximate surface area is 162 Å². The van der Waals surface area contributed by atoms with Gasteiger partial charge in [0.15, 0.2) is 0 Å². The number of nitrogens with one attached hydrogen (secondary N) is 1. The van der Waals surface area contributed by atoms with E-state index in [1.807, 2.05) is 6.07 Å². The molecule has 2 aromatic carbocycles. The molecule has 4 nitrogen and oxygen atoms in total. The molecule has 0 unspecified atom stereocenters. The first-order valence-electron chi connectivity index (χ1n) is 9.21. The first kappa shape index (κ1) is 20.2. The standard InChI is InChI=1S/C21H23F3N2O2/c1-26-10-8-18(9-11-26)28-19-7-3-6-17(14-19)25-20(27)13-15-4-2-5-16(12-15)21(22,23)24/h2-7,12,14,18H,8-11,13H2,1H3,(H,25,27). The summed E-state index contributed by atoms with van der Waals surface area (Å²) in [6.07, 6.45) is -2.52. The second-order valence-electron chi connectivity index (χ2n) is 7.07. The van der Waals surface area contributed by atoms with Gasteiger partial charge >= 0.3 is 6.18 Å². The van der Waals surface area contributed by atoms with Crippen LogP contribution in [0, 0.1) is 0 Å². The van der Waals surface area contributed by atoms with Gasteiger partial charge in [0.1, 0.15) is 11.9 Å². The van der Waals surface area contributed by atoms with Crippen LogP contribution in [0.4, 0.5) is 18.9 Å². The van der Waals surface area contributed by atoms with Gasteiger partial charge in [-0.1, -0.05) is 24.3 Å². The molecule has 0 aliphatic carbocycles. The van der Waals surface area contributed by atoms with E-state index >= 15 is 0 Å². The number of piperidine rings is 1. The van der Waals surface area contributed by atoms with E-state index in [0.717, 1.165) is 38.1 Å². The van der Waals surface area contributed by atoms with Gasteiger partial charge < -0.3 is 15.0 Å². The number of nitrogens with zero attached hydrogens (tertiary/aromatic N) is 1. The number of ether oxygens (including phenoxy) is 1. The van der Waals surface area contributed by atoms with Crippen LogP contribution in [-0.2, 0) is 17.4 Å². The molecule has 3 rings (SSSR count). The molecule has 150 valence electrons. The maximum atomic E-state index is 12.8. The SMILES string of the molecule is CN1CCC(Oc2cccc(NC(=O)Cc3cccc(C(F)(F)F)c3)c2)CC1. The minimum Gasteiger partial charge on any atom is -0.490 e. The number of amides is 1. The van der Waals surface area contributed by atoms with Crippen LogP contribution in [0.5, 0.6) is 5.75 Å². The Hall–Kier alpha value is -2.54. The molecule has 0 spiro atoms. The van der Waals surface area contributed by atoms with Crippen molar-refractivity contribution in [1.82, 2.24) is 4.90 Å². The van der Waals surface area contributed by atoms with Crippen molar-refractivity contribution in [2.24, 2.45) is 0 Å². The highest BCUT2D eigenvalue weighted by molar-refractivity contribution is 5.92. The maximum Gasteiger partial charge on any atom is 0.416 e. The van der Waals surface area contributed by atoms with Crippen LogP contribution >= 0.6 is 0 Å². The van der Waals surface area contributed by atoms with Crippen molar-refractivity contribution < 1.29 is 22.7 Å². The smallest absolute Gasteiger partial charge is 0.416 e. The monoisotopic (exact) mass is 392 g/mol. The van der Waals surface area contributed by atoms with E-state index in [1.165, 1.54) is 12.1 Å². The van der Waals surface area contributed by atoms with Gasteiger partial charge in [-0.25, -0.2) is 0 Å². The largest absolute Gasteiger partial charge is 0.490 e. The lowest BCUT2D eigenvalue weighted by atomic mass is 10.1. The van der Waals surface area contributed by atoms with Crippen LogP contribution in [0.25, 0.3) is 0 Å². The van der Waals surface area contributed by atoms with E-state index in [9.17, 15) is 18.0 Å². The van der Waals surface area contributed by atoms with E-state index in [0.29, 0.717) is 17.0 Å². The lowest BCUT2D eigenvalue weighted by molar-refractivity contribution is -0.137. The molecule has 2 aromatic rings. The molecule has 7 heteroatoms. The highest BCUT2D eigenvalue weighted by Crippen LogP contribution is 2.29. The molecular weight excluding hydrogens is 369 g/mol. The number of hydrogen-bond donors (Lipinski definition) is 1. The molecule has 0 aromatic heterocycles. The zero-order valence-electron chi connectivity index (χ0n) is 15.6. The fourth-order valence-electron chi connectivity index (χ4n) is 3.19. The minimum atomic E-state index is -4.42. The Bertz CT molecular complexity index is 815. The summed E-state index contributed by atoms with van der Waals surface area (Å²) in [4.78, 5) is 14.5. The Morgan fingerprint density at radius 3 is 2.57 bits per heavy atom. The number of likely N-dealkylation sites (tertiary alicyclic amines) is 1. The first-order valence-corrected chi connectivity index (χ1v) is 9.21. The van der Waals surface area contributed by atoms with Crippen molar-refractivity contribution in [3.63, 3.8) is 0 Å². The summed E-state index contributed by atoms with van der Waals surface area (Å²) in [6.45, 7) is 1.97. The van der Waals surface area contributed by atoms with Gasteiger partial charge in [-0.3, -0.25) is 4.79 Å². The molecule has 1 N–H and O–H groups in total. The van der Waals surface area contributed by atoms with Gasteiger partial charge in [-0.2, -0.15) is 13.2 Å². The first-order chi connectivity index (χ1) is 13.3. The van der Waals surface area contributed by atoms with Crippen molar-refractivity contribution in [3.8, 4) is 5.75 Å². The number of hydrogen-bond acceptors (Lipinski definition) is 3. The number of carbonyl (C=O) groups excluding carboxylic acids is 1. The van der Waals surface area contributed by atoms with Gasteiger partial charge in [0.05, 0.1) is 12.0 Å². The summed E-state index contributed by atoms with van der Waals surface area (Å²) in [5.74, 6) is 0.294. The summed E-state index contributed by atoms with van der Waals surface area (Å²) >= 11 is 0. The number of anilines is 1. The van der Waals surface area contributed by atoms with E-state index in [1.54, 1.807) is 18.2 Å². The fraction of sp³-hybridized carbons (Fsp3) is 0.381. The summed E-state index contributed by atoms with van der Waals surface area (Å²) < 4.78 is 44.4. The molecule has 1 amide bonds. The van der Waals surface area contributed by atoms with Crippen LogP contribution in [0.2, 0.25) is 0 Å². The second kappa shape index (κ2) is 8.65. The Balaban J connectivity index is 1.58. The molecule has 0 atom stereocenters. The van der Waals surface area contributed by atoms with Crippen LogP contribution in [0.3, 0.4) is 0 Å². The molecule has 0 saturated carbocycles. The highest BCUT2D eigenvalue weighted by atomic mass is 19.4. The third kappa shape index (κ3) is 5.73. The summed E-state index contributed by atoms with van der Waals surface area (Å²) in [6, 6.07) is 11.9. The second-order valence-corrected chi connectivity index (χ2v) is 7.07. The highest BCUT2D eigenvalue weighted by Gasteiger charge is 2.30. The van der Waals surface area contributed by atoms with Crippen LogP contribution in [0.15, 0.2) is 48.5 Å². The predicted octanol–water partition coefficient (Wildman–Crippen LogP) is 4.36. The number of halogens is 3. The van der Waals surface area contributed by atoms with Crippen molar-refractivity contribution in [1.29, 1.82) is 0 Å². The lowest BCUT2D eigenvalue weighted by Gasteiger charge is -2.29. The number of rotatable bonds is 5. The zero-order valence-corrected chi connectivity index (χ0v) is 15.6. The van der Waals surface area contributed by atoms with Crippen molar-refractivity contribution in [2.75, 3.05) is 25.5 Å². The van der Waals surface area contributed by atoms with Crippen molar-refractivity contribution in [3.05, 3.63) is 59.7 Å². The lowest BCUT2D eigenvalue weighted by Crippen LogP contribution is -2.35. The zero-order chi connectivity index (χ0) is 20.1.